The van der Waals surface area contributed by atoms with Crippen molar-refractivity contribution in [3.8, 4) is 0 Å². The lowest BCUT2D eigenvalue weighted by Gasteiger charge is -2.29. The molecular weight excluding hydrogens is 222 g/mol. The average molecular weight is 239 g/mol. The molecular formula is C11H17N3OS. The highest BCUT2D eigenvalue weighted by atomic mass is 32.2. The zero-order valence-electron chi connectivity index (χ0n) is 9.13. The van der Waals surface area contributed by atoms with E-state index in [0.717, 1.165) is 30.2 Å². The molecule has 0 spiro atoms. The van der Waals surface area contributed by atoms with E-state index in [1.807, 2.05) is 30.0 Å². The van der Waals surface area contributed by atoms with E-state index in [2.05, 4.69) is 10.4 Å². The molecule has 1 aliphatic rings. The number of nitrogens with zero attached hydrogens (tertiary/aromatic N) is 1. The van der Waals surface area contributed by atoms with Gasteiger partial charge in [-0.15, -0.1) is 0 Å². The molecule has 1 fully saturated rings. The van der Waals surface area contributed by atoms with Crippen molar-refractivity contribution in [2.45, 2.75) is 18.6 Å². The number of hydrogen-bond donors (Lipinski definition) is 2. The first kappa shape index (κ1) is 11.9. The number of pyridine rings is 1. The molecule has 1 aromatic rings. The molecule has 2 rings (SSSR count). The summed E-state index contributed by atoms with van der Waals surface area (Å²) in [6, 6.07) is 6.07. The molecule has 0 aromatic carbocycles. The van der Waals surface area contributed by atoms with Crippen LogP contribution in [0.15, 0.2) is 24.4 Å². The van der Waals surface area contributed by atoms with E-state index in [1.165, 1.54) is 0 Å². The minimum atomic E-state index is 0.141. The van der Waals surface area contributed by atoms with E-state index in [1.54, 1.807) is 6.20 Å². The maximum atomic E-state index is 5.71. The van der Waals surface area contributed by atoms with Gasteiger partial charge in [0.25, 0.3) is 0 Å². The van der Waals surface area contributed by atoms with Crippen LogP contribution in [0, 0.1) is 0 Å². The number of nitrogens with one attached hydrogen (secondary N) is 1. The maximum Gasteiger partial charge on any atom is 0.0835 e. The molecule has 4 nitrogen and oxygen atoms in total. The predicted octanol–water partition coefficient (Wildman–Crippen LogP) is 0.588. The molecule has 1 saturated heterocycles. The van der Waals surface area contributed by atoms with Gasteiger partial charge in [-0.3, -0.25) is 16.3 Å². The third-order valence-electron chi connectivity index (χ3n) is 2.66. The SMILES string of the molecule is NNC(Cc1ccccn1)C1CSCCO1. The molecule has 0 saturated carbocycles. The van der Waals surface area contributed by atoms with E-state index >= 15 is 0 Å². The molecule has 0 amide bonds. The van der Waals surface area contributed by atoms with Crippen LogP contribution in [0.4, 0.5) is 0 Å². The molecule has 5 heteroatoms. The van der Waals surface area contributed by atoms with Crippen LogP contribution in [0.5, 0.6) is 0 Å². The van der Waals surface area contributed by atoms with E-state index in [4.69, 9.17) is 10.6 Å². The quantitative estimate of drug-likeness (QED) is 0.595. The summed E-state index contributed by atoms with van der Waals surface area (Å²) in [4.78, 5) is 4.30. The monoisotopic (exact) mass is 239 g/mol. The zero-order valence-corrected chi connectivity index (χ0v) is 9.95. The Kier molecular flexibility index (Phi) is 4.59. The number of thioether (sulfide) groups is 1. The summed E-state index contributed by atoms with van der Waals surface area (Å²) in [6.45, 7) is 0.815. The van der Waals surface area contributed by atoms with Gasteiger partial charge in [-0.2, -0.15) is 11.8 Å². The fourth-order valence-corrected chi connectivity index (χ4v) is 2.72. The average Bonchev–Trinajstić information content (AvgIpc) is 2.38. The Hall–Kier alpha value is -0.620. The van der Waals surface area contributed by atoms with Crippen LogP contribution in [0.1, 0.15) is 5.69 Å². The van der Waals surface area contributed by atoms with Crippen LogP contribution >= 0.6 is 11.8 Å². The first-order valence-electron chi connectivity index (χ1n) is 5.45. The summed E-state index contributed by atoms with van der Waals surface area (Å²) in [6.07, 6.45) is 2.80. The minimum Gasteiger partial charge on any atom is -0.375 e. The van der Waals surface area contributed by atoms with Crippen LogP contribution in [-0.4, -0.2) is 35.2 Å². The normalized spacial score (nSPS) is 22.9. The van der Waals surface area contributed by atoms with Crippen molar-refractivity contribution in [2.24, 2.45) is 5.84 Å². The molecule has 3 N–H and O–H groups in total. The van der Waals surface area contributed by atoms with E-state index in [0.29, 0.717) is 0 Å². The van der Waals surface area contributed by atoms with Crippen molar-refractivity contribution < 1.29 is 4.74 Å². The van der Waals surface area contributed by atoms with Crippen molar-refractivity contribution in [3.63, 3.8) is 0 Å². The highest BCUT2D eigenvalue weighted by Crippen LogP contribution is 2.17. The van der Waals surface area contributed by atoms with Crippen LogP contribution in [0.2, 0.25) is 0 Å². The number of hydrazine groups is 1. The van der Waals surface area contributed by atoms with Gasteiger partial charge in [-0.1, -0.05) is 6.07 Å². The van der Waals surface area contributed by atoms with Crippen molar-refractivity contribution in [3.05, 3.63) is 30.1 Å². The molecule has 0 radical (unpaired) electrons. The first-order chi connectivity index (χ1) is 7.90. The van der Waals surface area contributed by atoms with Gasteiger partial charge in [0, 0.05) is 29.8 Å². The Morgan fingerprint density at radius 2 is 2.56 bits per heavy atom. The summed E-state index contributed by atoms with van der Waals surface area (Å²) in [5.41, 5.74) is 3.89. The van der Waals surface area contributed by atoms with Crippen LogP contribution < -0.4 is 11.3 Å². The second-order valence-electron chi connectivity index (χ2n) is 3.78. The third kappa shape index (κ3) is 3.18. The maximum absolute atomic E-state index is 5.71. The molecule has 1 aromatic heterocycles. The van der Waals surface area contributed by atoms with Gasteiger partial charge in [0.05, 0.1) is 18.8 Å². The van der Waals surface area contributed by atoms with E-state index < -0.39 is 0 Å². The van der Waals surface area contributed by atoms with Gasteiger partial charge in [0.15, 0.2) is 0 Å². The molecule has 1 aliphatic heterocycles. The number of hydrogen-bond acceptors (Lipinski definition) is 5. The van der Waals surface area contributed by atoms with Crippen LogP contribution in [0.3, 0.4) is 0 Å². The summed E-state index contributed by atoms with van der Waals surface area (Å²) in [5, 5.41) is 0. The van der Waals surface area contributed by atoms with Gasteiger partial charge in [-0.25, -0.2) is 0 Å². The third-order valence-corrected chi connectivity index (χ3v) is 3.68. The molecule has 2 unspecified atom stereocenters. The van der Waals surface area contributed by atoms with Crippen molar-refractivity contribution >= 4 is 11.8 Å². The number of rotatable bonds is 4. The van der Waals surface area contributed by atoms with Gasteiger partial charge >= 0.3 is 0 Å². The second kappa shape index (κ2) is 6.20. The highest BCUT2D eigenvalue weighted by molar-refractivity contribution is 7.99. The lowest BCUT2D eigenvalue weighted by Crippen LogP contribution is -2.49. The minimum absolute atomic E-state index is 0.141. The van der Waals surface area contributed by atoms with Crippen molar-refractivity contribution in [1.29, 1.82) is 0 Å². The molecule has 16 heavy (non-hydrogen) atoms. The molecule has 0 aliphatic carbocycles. The molecule has 2 heterocycles. The summed E-state index contributed by atoms with van der Waals surface area (Å²) in [7, 11) is 0. The summed E-state index contributed by atoms with van der Waals surface area (Å²) < 4.78 is 5.71. The van der Waals surface area contributed by atoms with Crippen LogP contribution in [-0.2, 0) is 11.2 Å². The van der Waals surface area contributed by atoms with Crippen molar-refractivity contribution in [1.82, 2.24) is 10.4 Å². The Labute approximate surface area is 99.9 Å². The lowest BCUT2D eigenvalue weighted by atomic mass is 10.1. The second-order valence-corrected chi connectivity index (χ2v) is 4.93. The van der Waals surface area contributed by atoms with Crippen molar-refractivity contribution in [2.75, 3.05) is 18.1 Å². The first-order valence-corrected chi connectivity index (χ1v) is 6.61. The van der Waals surface area contributed by atoms with Gasteiger partial charge in [-0.05, 0) is 12.1 Å². The van der Waals surface area contributed by atoms with Gasteiger partial charge in [0.1, 0.15) is 0 Å². The standard InChI is InChI=1S/C11H17N3OS/c12-14-10(11-8-16-6-5-15-11)7-9-3-1-2-4-13-9/h1-4,10-11,14H,5-8,12H2. The fourth-order valence-electron chi connectivity index (χ4n) is 1.78. The van der Waals surface area contributed by atoms with Crippen LogP contribution in [0.25, 0.3) is 0 Å². The Morgan fingerprint density at radius 1 is 1.62 bits per heavy atom. The van der Waals surface area contributed by atoms with E-state index in [9.17, 15) is 0 Å². The molecule has 88 valence electrons. The summed E-state index contributed by atoms with van der Waals surface area (Å²) >= 11 is 1.92. The summed E-state index contributed by atoms with van der Waals surface area (Å²) in [5.74, 6) is 7.67. The lowest BCUT2D eigenvalue weighted by molar-refractivity contribution is 0.0469. The number of nitrogens with two attached hydrogens (primary N) is 1. The smallest absolute Gasteiger partial charge is 0.0835 e. The fraction of sp³-hybridized carbons (Fsp3) is 0.545. The molecule has 2 atom stereocenters. The topological polar surface area (TPSA) is 60.2 Å². The molecule has 0 bridgehead atoms. The zero-order chi connectivity index (χ0) is 11.2. The predicted molar refractivity (Wildman–Crippen MR) is 66.1 cm³/mol. The van der Waals surface area contributed by atoms with Gasteiger partial charge in [0.2, 0.25) is 0 Å². The Bertz CT molecular complexity index is 303. The van der Waals surface area contributed by atoms with Gasteiger partial charge < -0.3 is 4.74 Å². The number of aromatic nitrogens is 1. The Morgan fingerprint density at radius 3 is 3.19 bits per heavy atom. The largest absolute Gasteiger partial charge is 0.375 e. The highest BCUT2D eigenvalue weighted by Gasteiger charge is 2.24. The van der Waals surface area contributed by atoms with E-state index in [-0.39, 0.29) is 12.1 Å². The number of ether oxygens (including phenoxy) is 1. The Balaban J connectivity index is 1.94.